The van der Waals surface area contributed by atoms with Crippen LogP contribution in [0.4, 0.5) is 0 Å². The van der Waals surface area contributed by atoms with Crippen molar-refractivity contribution in [3.05, 3.63) is 36.9 Å². The highest BCUT2D eigenvalue weighted by Gasteiger charge is 2.74. The van der Waals surface area contributed by atoms with E-state index in [0.29, 0.717) is 12.8 Å². The van der Waals surface area contributed by atoms with Crippen LogP contribution in [0, 0.1) is 11.8 Å². The number of ether oxygens (including phenoxy) is 1. The molecule has 4 heterocycles. The quantitative estimate of drug-likeness (QED) is 0.375. The van der Waals surface area contributed by atoms with Crippen LogP contribution in [0.2, 0.25) is 0 Å². The monoisotopic (exact) mass is 513 g/mol. The lowest BCUT2D eigenvalue weighted by atomic mass is 9.71. The third-order valence-corrected chi connectivity index (χ3v) is 9.49. The molecule has 1 spiro atoms. The molecule has 3 fully saturated rings. The predicted octanol–water partition coefficient (Wildman–Crippen LogP) is 1.44. The number of nitrogens with zero attached hydrogens (tertiary/aromatic N) is 5. The molecule has 5 atom stereocenters. The number of thioether (sulfide) groups is 1. The molecule has 192 valence electrons. The van der Waals surface area contributed by atoms with Gasteiger partial charge in [0.15, 0.2) is 0 Å². The zero-order chi connectivity index (χ0) is 25.4. The second kappa shape index (κ2) is 9.85. The first-order valence-electron chi connectivity index (χ1n) is 12.4. The lowest BCUT2D eigenvalue weighted by molar-refractivity contribution is -0.153. The lowest BCUT2D eigenvalue weighted by Crippen LogP contribution is -2.55. The Labute approximate surface area is 213 Å². The van der Waals surface area contributed by atoms with Crippen LogP contribution in [0.5, 0.6) is 0 Å². The number of para-hydroxylation sites is 1. The van der Waals surface area contributed by atoms with E-state index in [1.807, 2.05) is 24.3 Å². The fourth-order valence-electron chi connectivity index (χ4n) is 6.15. The highest BCUT2D eigenvalue weighted by atomic mass is 32.2. The van der Waals surface area contributed by atoms with Gasteiger partial charge >= 0.3 is 5.97 Å². The molecule has 2 unspecified atom stereocenters. The van der Waals surface area contributed by atoms with Crippen molar-refractivity contribution in [3.63, 3.8) is 0 Å². The molecule has 2 bridgehead atoms. The number of aliphatic hydroxyl groups is 1. The van der Waals surface area contributed by atoms with Crippen LogP contribution in [-0.4, -0.2) is 90.0 Å². The molecule has 36 heavy (non-hydrogen) atoms. The Kier molecular flexibility index (Phi) is 6.78. The van der Waals surface area contributed by atoms with Crippen molar-refractivity contribution in [3.8, 4) is 0 Å². The topological polar surface area (TPSA) is 118 Å². The van der Waals surface area contributed by atoms with Gasteiger partial charge in [0.2, 0.25) is 11.8 Å². The molecule has 5 rings (SSSR count). The van der Waals surface area contributed by atoms with Gasteiger partial charge in [0.1, 0.15) is 18.2 Å². The number of hydrogen-bond donors (Lipinski definition) is 1. The Morgan fingerprint density at radius 3 is 2.94 bits per heavy atom. The van der Waals surface area contributed by atoms with E-state index in [1.54, 1.807) is 39.2 Å². The minimum absolute atomic E-state index is 0.0413. The maximum atomic E-state index is 14.3. The van der Waals surface area contributed by atoms with Gasteiger partial charge in [-0.25, -0.2) is 4.68 Å². The number of benzene rings is 1. The standard InChI is InChI=1S/C25H31N5O5S/c1-3-12-28(15-30-17-9-6-5-8-16(17)26-27-30)23(33)21-25-11-10-18(36-25)19(24(34)35-4-2)20(25)22(32)29(21)13-7-14-31/h3,5-6,8-9,18-21,31H,1,4,7,10-15H2,2H3/t18-,19+,20+,21?,25?/m1/s1. The van der Waals surface area contributed by atoms with E-state index in [-0.39, 0.29) is 56.0 Å². The number of aromatic nitrogens is 3. The molecule has 1 aromatic carbocycles. The Balaban J connectivity index is 1.50. The summed E-state index contributed by atoms with van der Waals surface area (Å²) < 4.78 is 6.32. The van der Waals surface area contributed by atoms with Crippen LogP contribution in [0.1, 0.15) is 26.2 Å². The number of amides is 2. The first-order chi connectivity index (χ1) is 17.5. The summed E-state index contributed by atoms with van der Waals surface area (Å²) in [6, 6.07) is 6.78. The third kappa shape index (κ3) is 3.80. The van der Waals surface area contributed by atoms with Crippen LogP contribution in [-0.2, 0) is 25.8 Å². The average Bonchev–Trinajstić information content (AvgIpc) is 3.62. The summed E-state index contributed by atoms with van der Waals surface area (Å²) in [5, 5.41) is 17.9. The number of fused-ring (bicyclic) bond motifs is 2. The maximum absolute atomic E-state index is 14.3. The molecule has 3 aliphatic rings. The van der Waals surface area contributed by atoms with Crippen LogP contribution in [0.3, 0.4) is 0 Å². The largest absolute Gasteiger partial charge is 0.466 e. The predicted molar refractivity (Wildman–Crippen MR) is 134 cm³/mol. The van der Waals surface area contributed by atoms with Gasteiger partial charge in [-0.3, -0.25) is 14.4 Å². The number of carbonyl (C=O) groups excluding carboxylic acids is 3. The fraction of sp³-hybridized carbons (Fsp3) is 0.560. The van der Waals surface area contributed by atoms with Crippen molar-refractivity contribution in [1.29, 1.82) is 0 Å². The molecule has 0 saturated carbocycles. The molecular weight excluding hydrogens is 482 g/mol. The van der Waals surface area contributed by atoms with E-state index in [1.165, 1.54) is 0 Å². The molecule has 0 aliphatic carbocycles. The third-order valence-electron chi connectivity index (χ3n) is 7.54. The number of hydrogen-bond acceptors (Lipinski definition) is 8. The fourth-order valence-corrected chi connectivity index (χ4v) is 8.35. The normalized spacial score (nSPS) is 28.5. The van der Waals surface area contributed by atoms with E-state index in [0.717, 1.165) is 17.5 Å². The smallest absolute Gasteiger partial charge is 0.310 e. The first-order valence-corrected chi connectivity index (χ1v) is 13.3. The minimum atomic E-state index is -0.745. The van der Waals surface area contributed by atoms with Gasteiger partial charge in [-0.2, -0.15) is 0 Å². The molecule has 11 heteroatoms. The van der Waals surface area contributed by atoms with Gasteiger partial charge < -0.3 is 19.6 Å². The second-order valence-corrected chi connectivity index (χ2v) is 11.1. The Morgan fingerprint density at radius 2 is 2.19 bits per heavy atom. The Morgan fingerprint density at radius 1 is 1.39 bits per heavy atom. The van der Waals surface area contributed by atoms with Crippen molar-refractivity contribution < 1.29 is 24.2 Å². The number of carbonyl (C=O) groups is 3. The van der Waals surface area contributed by atoms with Crippen LogP contribution in [0.15, 0.2) is 36.9 Å². The number of esters is 1. The average molecular weight is 514 g/mol. The summed E-state index contributed by atoms with van der Waals surface area (Å²) in [5.74, 6) is -1.93. The van der Waals surface area contributed by atoms with Crippen LogP contribution >= 0.6 is 11.8 Å². The van der Waals surface area contributed by atoms with Crippen molar-refractivity contribution in [2.24, 2.45) is 11.8 Å². The zero-order valence-corrected chi connectivity index (χ0v) is 21.1. The SMILES string of the molecule is C=CCN(Cn1nnc2ccccc21)C(=O)C1N(CCCO)C(=O)[C@@H]2[C@@H](C(=O)OCC)[C@H]3CCC12S3. The second-order valence-electron chi connectivity index (χ2n) is 9.49. The summed E-state index contributed by atoms with van der Waals surface area (Å²) in [6.07, 6.45) is 3.44. The van der Waals surface area contributed by atoms with Gasteiger partial charge in [-0.15, -0.1) is 23.4 Å². The molecule has 1 aromatic heterocycles. The zero-order valence-electron chi connectivity index (χ0n) is 20.3. The van der Waals surface area contributed by atoms with Gasteiger partial charge in [-0.05, 0) is 38.3 Å². The van der Waals surface area contributed by atoms with E-state index in [2.05, 4.69) is 16.9 Å². The minimum Gasteiger partial charge on any atom is -0.466 e. The summed E-state index contributed by atoms with van der Waals surface area (Å²) in [6.45, 7) is 6.41. The Bertz CT molecular complexity index is 1190. The van der Waals surface area contributed by atoms with Gasteiger partial charge in [-0.1, -0.05) is 23.4 Å². The van der Waals surface area contributed by atoms with Gasteiger partial charge in [0.25, 0.3) is 0 Å². The molecule has 10 nitrogen and oxygen atoms in total. The summed E-state index contributed by atoms with van der Waals surface area (Å²) in [7, 11) is 0. The van der Waals surface area contributed by atoms with Crippen molar-refractivity contribution >= 4 is 40.6 Å². The number of rotatable bonds is 10. The Hall–Kier alpha value is -2.92. The van der Waals surface area contributed by atoms with E-state index in [9.17, 15) is 19.5 Å². The van der Waals surface area contributed by atoms with Crippen molar-refractivity contribution in [2.45, 2.75) is 48.9 Å². The van der Waals surface area contributed by atoms with E-state index in [4.69, 9.17) is 4.74 Å². The van der Waals surface area contributed by atoms with E-state index >= 15 is 0 Å². The van der Waals surface area contributed by atoms with E-state index < -0.39 is 22.6 Å². The van der Waals surface area contributed by atoms with Crippen molar-refractivity contribution in [2.75, 3.05) is 26.3 Å². The molecule has 2 amide bonds. The summed E-state index contributed by atoms with van der Waals surface area (Å²) >= 11 is 1.60. The maximum Gasteiger partial charge on any atom is 0.310 e. The molecule has 2 aromatic rings. The number of aliphatic hydroxyl groups excluding tert-OH is 1. The molecule has 3 saturated heterocycles. The summed E-state index contributed by atoms with van der Waals surface area (Å²) in [5.41, 5.74) is 1.53. The first kappa shape index (κ1) is 24.8. The van der Waals surface area contributed by atoms with Crippen LogP contribution < -0.4 is 0 Å². The number of likely N-dealkylation sites (tertiary alicyclic amines) is 1. The molecule has 0 radical (unpaired) electrons. The van der Waals surface area contributed by atoms with Crippen LogP contribution in [0.25, 0.3) is 11.0 Å². The van der Waals surface area contributed by atoms with Crippen molar-refractivity contribution in [1.82, 2.24) is 24.8 Å². The molecule has 1 N–H and O–H groups in total. The molecule has 3 aliphatic heterocycles. The highest BCUT2D eigenvalue weighted by Crippen LogP contribution is 2.66. The lowest BCUT2D eigenvalue weighted by Gasteiger charge is -2.37. The highest BCUT2D eigenvalue weighted by molar-refractivity contribution is 8.02. The van der Waals surface area contributed by atoms with Gasteiger partial charge in [0, 0.05) is 24.9 Å². The van der Waals surface area contributed by atoms with Gasteiger partial charge in [0.05, 0.1) is 28.7 Å². The summed E-state index contributed by atoms with van der Waals surface area (Å²) in [4.78, 5) is 44.2. The molecular formula is C25H31N5O5S.